The lowest BCUT2D eigenvalue weighted by molar-refractivity contribution is -0.137. The number of carbonyl (C=O) groups is 3. The summed E-state index contributed by atoms with van der Waals surface area (Å²) >= 11 is 4.94. The van der Waals surface area contributed by atoms with Gasteiger partial charge in [-0.1, -0.05) is 30.1 Å². The molecule has 1 N–H and O–H groups in total. The van der Waals surface area contributed by atoms with Gasteiger partial charge in [-0.15, -0.1) is 0 Å². The smallest absolute Gasteiger partial charge is 0.407 e. The third kappa shape index (κ3) is 4.68. The second-order valence-corrected chi connectivity index (χ2v) is 10.1. The third-order valence-electron chi connectivity index (χ3n) is 4.69. The van der Waals surface area contributed by atoms with E-state index < -0.39 is 12.1 Å². The number of thioether (sulfide) groups is 3. The van der Waals surface area contributed by atoms with E-state index >= 15 is 0 Å². The first-order valence-electron chi connectivity index (χ1n) is 8.27. The first-order chi connectivity index (χ1) is 12.1. The summed E-state index contributed by atoms with van der Waals surface area (Å²) in [6.45, 7) is 3.94. The van der Waals surface area contributed by atoms with Crippen LogP contribution in [0.1, 0.15) is 12.8 Å². The monoisotopic (exact) mass is 403 g/mol. The number of rotatable bonds is 8. The van der Waals surface area contributed by atoms with Crippen LogP contribution in [-0.2, 0) is 14.3 Å². The molecular formula is C16H21NO5S3. The maximum absolute atomic E-state index is 11.6. The lowest BCUT2D eigenvalue weighted by atomic mass is 9.99. The van der Waals surface area contributed by atoms with Crippen molar-refractivity contribution >= 4 is 51.8 Å². The Hall–Kier alpha value is -0.800. The van der Waals surface area contributed by atoms with Crippen molar-refractivity contribution in [2.24, 2.45) is 11.8 Å². The van der Waals surface area contributed by atoms with Crippen molar-refractivity contribution in [1.29, 1.82) is 0 Å². The lowest BCUT2D eigenvalue weighted by Crippen LogP contribution is -2.32. The molecule has 3 fully saturated rings. The number of alkyl carbamates (subject to hydrolysis) is 1. The first kappa shape index (κ1) is 19.0. The van der Waals surface area contributed by atoms with Crippen molar-refractivity contribution in [2.45, 2.75) is 28.6 Å². The quantitative estimate of drug-likeness (QED) is 0.376. The normalized spacial score (nSPS) is 32.3. The minimum atomic E-state index is -0.514. The molecule has 1 aliphatic heterocycles. The summed E-state index contributed by atoms with van der Waals surface area (Å²) in [4.78, 5) is 33.9. The number of esters is 1. The van der Waals surface area contributed by atoms with E-state index in [4.69, 9.17) is 9.47 Å². The van der Waals surface area contributed by atoms with E-state index in [2.05, 4.69) is 11.9 Å². The van der Waals surface area contributed by atoms with Crippen LogP contribution in [0.25, 0.3) is 0 Å². The molecule has 5 atom stereocenters. The van der Waals surface area contributed by atoms with Gasteiger partial charge in [-0.05, 0) is 24.7 Å². The molecule has 9 heteroatoms. The van der Waals surface area contributed by atoms with E-state index in [1.54, 1.807) is 11.8 Å². The number of hydrogen-bond donors (Lipinski definition) is 1. The number of hydrogen-bond acceptors (Lipinski definition) is 8. The molecule has 1 saturated heterocycles. The van der Waals surface area contributed by atoms with Gasteiger partial charge in [0, 0.05) is 27.6 Å². The SMILES string of the molecule is C=CC(=O)OCCNC(=O)OCCSC1CC2CC1C1SC(=O)SC21. The van der Waals surface area contributed by atoms with E-state index in [1.165, 1.54) is 24.6 Å². The molecule has 3 rings (SSSR count). The zero-order valence-corrected chi connectivity index (χ0v) is 16.1. The second-order valence-electron chi connectivity index (χ2n) is 6.15. The Morgan fingerprint density at radius 1 is 1.24 bits per heavy atom. The average molecular weight is 404 g/mol. The molecule has 3 aliphatic rings. The van der Waals surface area contributed by atoms with Gasteiger partial charge in [0.15, 0.2) is 0 Å². The van der Waals surface area contributed by atoms with Gasteiger partial charge in [-0.3, -0.25) is 4.79 Å². The third-order valence-corrected chi connectivity index (χ3v) is 9.07. The van der Waals surface area contributed by atoms with Crippen LogP contribution in [0.15, 0.2) is 12.7 Å². The van der Waals surface area contributed by atoms with Crippen LogP contribution in [0.2, 0.25) is 0 Å². The molecule has 1 heterocycles. The van der Waals surface area contributed by atoms with E-state index in [-0.39, 0.29) is 17.6 Å². The highest BCUT2D eigenvalue weighted by Crippen LogP contribution is 2.61. The molecule has 0 spiro atoms. The Morgan fingerprint density at radius 3 is 2.84 bits per heavy atom. The summed E-state index contributed by atoms with van der Waals surface area (Å²) in [5.74, 6) is 1.55. The summed E-state index contributed by atoms with van der Waals surface area (Å²) in [5, 5.41) is 4.14. The van der Waals surface area contributed by atoms with E-state index in [1.807, 2.05) is 11.8 Å². The lowest BCUT2D eigenvalue weighted by Gasteiger charge is -2.29. The highest BCUT2D eigenvalue weighted by molar-refractivity contribution is 8.41. The van der Waals surface area contributed by atoms with Gasteiger partial charge in [-0.25, -0.2) is 9.59 Å². The molecule has 2 bridgehead atoms. The fourth-order valence-electron chi connectivity index (χ4n) is 3.70. The van der Waals surface area contributed by atoms with Crippen LogP contribution in [-0.4, -0.2) is 57.8 Å². The van der Waals surface area contributed by atoms with Crippen molar-refractivity contribution in [3.05, 3.63) is 12.7 Å². The van der Waals surface area contributed by atoms with Crippen LogP contribution < -0.4 is 5.32 Å². The summed E-state index contributed by atoms with van der Waals surface area (Å²) < 4.78 is 10.2. The van der Waals surface area contributed by atoms with Crippen LogP contribution >= 0.6 is 35.3 Å². The van der Waals surface area contributed by atoms with Gasteiger partial charge in [0.1, 0.15) is 13.2 Å². The minimum absolute atomic E-state index is 0.0940. The van der Waals surface area contributed by atoms with Crippen LogP contribution in [0.3, 0.4) is 0 Å². The van der Waals surface area contributed by atoms with Gasteiger partial charge in [0.25, 0.3) is 0 Å². The number of amides is 1. The van der Waals surface area contributed by atoms with Crippen LogP contribution in [0.5, 0.6) is 0 Å². The topological polar surface area (TPSA) is 81.7 Å². The summed E-state index contributed by atoms with van der Waals surface area (Å²) in [6.07, 6.45) is 2.99. The maximum Gasteiger partial charge on any atom is 0.407 e. The van der Waals surface area contributed by atoms with E-state index in [0.717, 1.165) is 11.8 Å². The van der Waals surface area contributed by atoms with Gasteiger partial charge < -0.3 is 14.8 Å². The Balaban J connectivity index is 1.26. The zero-order valence-electron chi connectivity index (χ0n) is 13.7. The molecule has 1 amide bonds. The molecular weight excluding hydrogens is 382 g/mol. The molecule has 0 radical (unpaired) electrons. The molecule has 0 aromatic rings. The highest BCUT2D eigenvalue weighted by Gasteiger charge is 2.57. The molecule has 2 saturated carbocycles. The Morgan fingerprint density at radius 2 is 2.04 bits per heavy atom. The molecule has 138 valence electrons. The predicted octanol–water partition coefficient (Wildman–Crippen LogP) is 2.92. The molecule has 0 aromatic carbocycles. The molecule has 0 aromatic heterocycles. The minimum Gasteiger partial charge on any atom is -0.461 e. The molecule has 5 unspecified atom stereocenters. The van der Waals surface area contributed by atoms with Crippen molar-refractivity contribution in [3.8, 4) is 0 Å². The van der Waals surface area contributed by atoms with Crippen molar-refractivity contribution < 1.29 is 23.9 Å². The van der Waals surface area contributed by atoms with Gasteiger partial charge >= 0.3 is 12.1 Å². The van der Waals surface area contributed by atoms with Crippen LogP contribution in [0, 0.1) is 11.8 Å². The maximum atomic E-state index is 11.6. The highest BCUT2D eigenvalue weighted by atomic mass is 32.2. The molecule has 2 aliphatic carbocycles. The summed E-state index contributed by atoms with van der Waals surface area (Å²) in [7, 11) is 0. The van der Waals surface area contributed by atoms with Crippen molar-refractivity contribution in [3.63, 3.8) is 0 Å². The zero-order chi connectivity index (χ0) is 17.8. The fourth-order valence-corrected chi connectivity index (χ4v) is 8.45. The Labute approximate surface area is 159 Å². The standard InChI is InChI=1S/C16H21NO5S3/c1-2-12(18)21-4-3-17-15(19)22-5-6-23-11-8-9-7-10(11)14-13(9)24-16(20)25-14/h2,9-11,13-14H,1,3-8H2,(H,17,19). The van der Waals surface area contributed by atoms with Gasteiger partial charge in [0.05, 0.1) is 6.54 Å². The van der Waals surface area contributed by atoms with E-state index in [9.17, 15) is 14.4 Å². The first-order valence-corrected chi connectivity index (χ1v) is 11.1. The number of nitrogens with one attached hydrogen (secondary N) is 1. The number of fused-ring (bicyclic) bond motifs is 5. The Kier molecular flexibility index (Phi) is 6.62. The molecule has 25 heavy (non-hydrogen) atoms. The predicted molar refractivity (Wildman–Crippen MR) is 101 cm³/mol. The number of ether oxygens (including phenoxy) is 2. The fraction of sp³-hybridized carbons (Fsp3) is 0.688. The second kappa shape index (κ2) is 8.73. The summed E-state index contributed by atoms with van der Waals surface area (Å²) in [6, 6.07) is 0. The Bertz CT molecular complexity index is 558. The van der Waals surface area contributed by atoms with Crippen molar-refractivity contribution in [1.82, 2.24) is 5.32 Å². The largest absolute Gasteiger partial charge is 0.461 e. The average Bonchev–Trinajstić information content (AvgIpc) is 3.26. The van der Waals surface area contributed by atoms with Crippen molar-refractivity contribution in [2.75, 3.05) is 25.5 Å². The van der Waals surface area contributed by atoms with Gasteiger partial charge in [0.2, 0.25) is 4.45 Å². The number of carbonyl (C=O) groups excluding carboxylic acids is 3. The summed E-state index contributed by atoms with van der Waals surface area (Å²) in [5.41, 5.74) is 0. The van der Waals surface area contributed by atoms with Gasteiger partial charge in [-0.2, -0.15) is 11.8 Å². The molecule has 6 nitrogen and oxygen atoms in total. The van der Waals surface area contributed by atoms with E-state index in [0.29, 0.717) is 34.2 Å². The van der Waals surface area contributed by atoms with Crippen LogP contribution in [0.4, 0.5) is 9.59 Å².